The summed E-state index contributed by atoms with van der Waals surface area (Å²) in [6.07, 6.45) is -0.958. The van der Waals surface area contributed by atoms with Crippen LogP contribution < -0.4 is 0 Å². The highest BCUT2D eigenvalue weighted by molar-refractivity contribution is 7.20. The number of aliphatic hydroxyl groups excluding tert-OH is 1. The number of hydrogen-bond acceptors (Lipinski definition) is 4. The van der Waals surface area contributed by atoms with Crippen LogP contribution in [0.5, 0.6) is 0 Å². The Hall–Kier alpha value is -0.330. The van der Waals surface area contributed by atoms with Gasteiger partial charge in [-0.15, -0.1) is 11.3 Å². The number of rotatable bonds is 5. The lowest BCUT2D eigenvalue weighted by Gasteiger charge is -2.08. The Morgan fingerprint density at radius 3 is 2.73 bits per heavy atom. The molecule has 7 heteroatoms. The molecule has 0 aliphatic rings. The molecule has 0 saturated carbocycles. The Bertz CT molecular complexity index is 352. The topological polar surface area (TPSA) is 66.8 Å². The van der Waals surface area contributed by atoms with E-state index in [1.165, 1.54) is 6.07 Å². The lowest BCUT2D eigenvalue weighted by Crippen LogP contribution is -2.12. The van der Waals surface area contributed by atoms with Crippen molar-refractivity contribution in [3.05, 3.63) is 20.3 Å². The van der Waals surface area contributed by atoms with Crippen LogP contribution in [0.3, 0.4) is 0 Å². The maximum atomic E-state index is 10.1. The number of hydrogen-bond donors (Lipinski definition) is 2. The van der Waals surface area contributed by atoms with Gasteiger partial charge in [-0.1, -0.05) is 23.2 Å². The van der Waals surface area contributed by atoms with E-state index in [1.807, 2.05) is 0 Å². The number of aliphatic hydroxyl groups is 1. The quantitative estimate of drug-likeness (QED) is 0.861. The summed E-state index contributed by atoms with van der Waals surface area (Å²) in [5, 5.41) is 17.9. The van der Waals surface area contributed by atoms with E-state index in [1.54, 1.807) is 0 Å². The van der Waals surface area contributed by atoms with Crippen LogP contribution in [-0.4, -0.2) is 29.4 Å². The summed E-state index contributed by atoms with van der Waals surface area (Å²) in [4.78, 5) is 10.1. The molecule has 0 amide bonds. The summed E-state index contributed by atoms with van der Waals surface area (Å²) >= 11 is 12.6. The van der Waals surface area contributed by atoms with Gasteiger partial charge in [0.2, 0.25) is 0 Å². The van der Waals surface area contributed by atoms with Crippen molar-refractivity contribution in [2.24, 2.45) is 0 Å². The van der Waals surface area contributed by atoms with E-state index in [-0.39, 0.29) is 6.61 Å². The first-order valence-corrected chi connectivity index (χ1v) is 5.50. The molecule has 0 bridgehead atoms. The Kier molecular flexibility index (Phi) is 4.82. The number of halogens is 2. The molecule has 0 aliphatic heterocycles. The maximum Gasteiger partial charge on any atom is 0.329 e. The van der Waals surface area contributed by atoms with Gasteiger partial charge in [0.25, 0.3) is 0 Å². The van der Waals surface area contributed by atoms with Crippen molar-refractivity contribution in [2.45, 2.75) is 6.10 Å². The summed E-state index contributed by atoms with van der Waals surface area (Å²) in [5.41, 5.74) is 0.456. The van der Waals surface area contributed by atoms with Gasteiger partial charge in [-0.25, -0.2) is 4.79 Å². The predicted molar refractivity (Wildman–Crippen MR) is 57.8 cm³/mol. The highest BCUT2D eigenvalue weighted by atomic mass is 35.5. The fourth-order valence-electron chi connectivity index (χ4n) is 0.928. The average Bonchev–Trinajstić information content (AvgIpc) is 2.44. The number of carbonyl (C=O) groups is 1. The van der Waals surface area contributed by atoms with E-state index in [9.17, 15) is 9.90 Å². The van der Waals surface area contributed by atoms with E-state index < -0.39 is 18.7 Å². The van der Waals surface area contributed by atoms with Gasteiger partial charge in [-0.05, 0) is 6.07 Å². The smallest absolute Gasteiger partial charge is 0.329 e. The third-order valence-corrected chi connectivity index (χ3v) is 3.06. The molecule has 2 N–H and O–H groups in total. The normalized spacial score (nSPS) is 12.7. The Balaban J connectivity index is 2.50. The fraction of sp³-hybridized carbons (Fsp3) is 0.375. The molecular formula is C8H8Cl2O4S. The number of carboxylic acid groups (broad SMARTS) is 1. The predicted octanol–water partition coefficient (Wildman–Crippen LogP) is 2.19. The molecule has 0 spiro atoms. The van der Waals surface area contributed by atoms with Crippen LogP contribution in [0, 0.1) is 0 Å². The van der Waals surface area contributed by atoms with Gasteiger partial charge in [0, 0.05) is 5.56 Å². The molecule has 0 fully saturated rings. The molecular weight excluding hydrogens is 263 g/mol. The molecule has 1 atom stereocenters. The summed E-state index contributed by atoms with van der Waals surface area (Å²) in [6.45, 7) is -0.578. The van der Waals surface area contributed by atoms with Crippen LogP contribution in [-0.2, 0) is 9.53 Å². The largest absolute Gasteiger partial charge is 0.480 e. The Morgan fingerprint density at radius 2 is 2.27 bits per heavy atom. The molecule has 1 heterocycles. The summed E-state index contributed by atoms with van der Waals surface area (Å²) in [6, 6.07) is 1.53. The van der Waals surface area contributed by atoms with Crippen LogP contribution in [0.2, 0.25) is 8.67 Å². The number of thiophene rings is 1. The highest BCUT2D eigenvalue weighted by Crippen LogP contribution is 2.34. The lowest BCUT2D eigenvalue weighted by atomic mass is 10.2. The van der Waals surface area contributed by atoms with Crippen molar-refractivity contribution in [1.29, 1.82) is 0 Å². The first-order chi connectivity index (χ1) is 7.00. The van der Waals surface area contributed by atoms with Gasteiger partial charge in [0.05, 0.1) is 10.9 Å². The maximum absolute atomic E-state index is 10.1. The minimum Gasteiger partial charge on any atom is -0.480 e. The van der Waals surface area contributed by atoms with E-state index >= 15 is 0 Å². The van der Waals surface area contributed by atoms with Gasteiger partial charge in [0.1, 0.15) is 17.0 Å². The second-order valence-electron chi connectivity index (χ2n) is 2.70. The van der Waals surface area contributed by atoms with Crippen LogP contribution in [0.1, 0.15) is 11.7 Å². The molecule has 1 unspecified atom stereocenters. The zero-order valence-electron chi connectivity index (χ0n) is 7.44. The Morgan fingerprint density at radius 1 is 1.60 bits per heavy atom. The molecule has 15 heavy (non-hydrogen) atoms. The van der Waals surface area contributed by atoms with E-state index in [0.29, 0.717) is 14.2 Å². The SMILES string of the molecule is O=C(O)COCC(O)c1cc(Cl)sc1Cl. The number of carboxylic acids is 1. The molecule has 0 aliphatic carbocycles. The molecule has 0 saturated heterocycles. The molecule has 1 rings (SSSR count). The lowest BCUT2D eigenvalue weighted by molar-refractivity contribution is -0.143. The van der Waals surface area contributed by atoms with Gasteiger partial charge in [-0.3, -0.25) is 0 Å². The van der Waals surface area contributed by atoms with Gasteiger partial charge < -0.3 is 14.9 Å². The summed E-state index contributed by atoms with van der Waals surface area (Å²) < 4.78 is 5.57. The second-order valence-corrected chi connectivity index (χ2v) is 4.99. The van der Waals surface area contributed by atoms with Crippen LogP contribution in [0.4, 0.5) is 0 Å². The van der Waals surface area contributed by atoms with Crippen LogP contribution >= 0.6 is 34.5 Å². The standard InChI is InChI=1S/C8H8Cl2O4S/c9-6-1-4(8(10)15-6)5(11)2-14-3-7(12)13/h1,5,11H,2-3H2,(H,12,13). The fourth-order valence-corrected chi connectivity index (χ4v) is 2.50. The second kappa shape index (κ2) is 5.67. The van der Waals surface area contributed by atoms with Crippen molar-refractivity contribution in [1.82, 2.24) is 0 Å². The van der Waals surface area contributed by atoms with E-state index in [2.05, 4.69) is 0 Å². The monoisotopic (exact) mass is 270 g/mol. The molecule has 0 aromatic carbocycles. The van der Waals surface area contributed by atoms with Crippen LogP contribution in [0.15, 0.2) is 6.07 Å². The molecule has 1 aromatic rings. The first kappa shape index (κ1) is 12.7. The Labute approximate surface area is 100 Å². The summed E-state index contributed by atoms with van der Waals surface area (Å²) in [7, 11) is 0. The number of aliphatic carboxylic acids is 1. The van der Waals surface area contributed by atoms with Crippen molar-refractivity contribution < 1.29 is 19.7 Å². The third kappa shape index (κ3) is 3.96. The molecule has 1 aromatic heterocycles. The first-order valence-electron chi connectivity index (χ1n) is 3.93. The molecule has 4 nitrogen and oxygen atoms in total. The van der Waals surface area contributed by atoms with Crippen molar-refractivity contribution in [3.8, 4) is 0 Å². The van der Waals surface area contributed by atoms with Crippen LogP contribution in [0.25, 0.3) is 0 Å². The summed E-state index contributed by atoms with van der Waals surface area (Å²) in [5.74, 6) is -1.09. The van der Waals surface area contributed by atoms with Crippen molar-refractivity contribution in [2.75, 3.05) is 13.2 Å². The van der Waals surface area contributed by atoms with E-state index in [4.69, 9.17) is 33.0 Å². The van der Waals surface area contributed by atoms with E-state index in [0.717, 1.165) is 11.3 Å². The minimum absolute atomic E-state index is 0.126. The van der Waals surface area contributed by atoms with Gasteiger partial charge in [-0.2, -0.15) is 0 Å². The molecule has 84 valence electrons. The van der Waals surface area contributed by atoms with Crippen molar-refractivity contribution in [3.63, 3.8) is 0 Å². The zero-order valence-corrected chi connectivity index (χ0v) is 9.77. The molecule has 0 radical (unpaired) electrons. The average molecular weight is 271 g/mol. The highest BCUT2D eigenvalue weighted by Gasteiger charge is 2.15. The number of ether oxygens (including phenoxy) is 1. The van der Waals surface area contributed by atoms with Gasteiger partial charge >= 0.3 is 5.97 Å². The van der Waals surface area contributed by atoms with Gasteiger partial charge in [0.15, 0.2) is 0 Å². The third-order valence-electron chi connectivity index (χ3n) is 1.54. The minimum atomic E-state index is -1.09. The zero-order chi connectivity index (χ0) is 11.4. The van der Waals surface area contributed by atoms with Crippen molar-refractivity contribution >= 4 is 40.5 Å².